The number of nitro groups is 1. The molecule has 0 aliphatic carbocycles. The van der Waals surface area contributed by atoms with Crippen LogP contribution in [0.1, 0.15) is 16.8 Å². The van der Waals surface area contributed by atoms with E-state index >= 15 is 0 Å². The van der Waals surface area contributed by atoms with Crippen molar-refractivity contribution in [2.45, 2.75) is 6.42 Å². The highest BCUT2D eigenvalue weighted by atomic mass is 79.9. The van der Waals surface area contributed by atoms with Gasteiger partial charge in [-0.25, -0.2) is 0 Å². The summed E-state index contributed by atoms with van der Waals surface area (Å²) in [6.45, 7) is 0. The van der Waals surface area contributed by atoms with Gasteiger partial charge in [0, 0.05) is 11.6 Å². The van der Waals surface area contributed by atoms with Crippen LogP contribution >= 0.6 is 15.9 Å². The first-order valence-corrected chi connectivity index (χ1v) is 4.69. The highest BCUT2D eigenvalue weighted by molar-refractivity contribution is 9.10. The predicted molar refractivity (Wildman–Crippen MR) is 55.4 cm³/mol. The summed E-state index contributed by atoms with van der Waals surface area (Å²) in [6, 6.07) is 5.72. The number of carbonyl (C=O) groups excluding carboxylic acids is 1. The maximum absolute atomic E-state index is 11.3. The van der Waals surface area contributed by atoms with Gasteiger partial charge in [0.25, 0.3) is 5.69 Å². The van der Waals surface area contributed by atoms with E-state index in [1.165, 1.54) is 12.1 Å². The van der Waals surface area contributed by atoms with E-state index in [-0.39, 0.29) is 17.7 Å². The standard InChI is InChI=1S/C9H5BrN2O3/c10-7-2-1-6(9(13)3-4-11)5-8(7)12(14)15/h1-2,5H,3H2. The van der Waals surface area contributed by atoms with Crippen molar-refractivity contribution in [3.63, 3.8) is 0 Å². The van der Waals surface area contributed by atoms with E-state index < -0.39 is 10.7 Å². The molecular weight excluding hydrogens is 264 g/mol. The normalized spacial score (nSPS) is 9.33. The lowest BCUT2D eigenvalue weighted by Gasteiger charge is -1.98. The molecule has 0 amide bonds. The first kappa shape index (κ1) is 11.3. The Hall–Kier alpha value is -1.74. The molecule has 0 aliphatic heterocycles. The molecule has 0 saturated heterocycles. The molecule has 0 atom stereocenters. The average Bonchev–Trinajstić information content (AvgIpc) is 2.18. The van der Waals surface area contributed by atoms with Crippen LogP contribution in [0.4, 0.5) is 5.69 Å². The van der Waals surface area contributed by atoms with E-state index in [0.29, 0.717) is 4.47 Å². The van der Waals surface area contributed by atoms with Crippen molar-refractivity contribution in [2.24, 2.45) is 0 Å². The quantitative estimate of drug-likeness (QED) is 0.479. The van der Waals surface area contributed by atoms with Gasteiger partial charge in [0.05, 0.1) is 21.9 Å². The molecule has 0 saturated carbocycles. The number of nitro benzene ring substituents is 1. The van der Waals surface area contributed by atoms with Crippen LogP contribution in [0.5, 0.6) is 0 Å². The molecule has 1 rings (SSSR count). The number of hydrogen-bond acceptors (Lipinski definition) is 4. The summed E-state index contributed by atoms with van der Waals surface area (Å²) >= 11 is 3.00. The number of rotatable bonds is 3. The molecule has 0 unspecified atom stereocenters. The van der Waals surface area contributed by atoms with Crippen molar-refractivity contribution in [1.82, 2.24) is 0 Å². The number of benzene rings is 1. The topological polar surface area (TPSA) is 84.0 Å². The third-order valence-corrected chi connectivity index (χ3v) is 2.37. The third kappa shape index (κ3) is 2.60. The first-order valence-electron chi connectivity index (χ1n) is 3.90. The molecule has 0 aliphatic rings. The summed E-state index contributed by atoms with van der Waals surface area (Å²) in [4.78, 5) is 21.2. The zero-order chi connectivity index (χ0) is 11.4. The molecule has 5 nitrogen and oxygen atoms in total. The van der Waals surface area contributed by atoms with E-state index in [1.807, 2.05) is 0 Å². The fourth-order valence-electron chi connectivity index (χ4n) is 1.000. The Balaban J connectivity index is 3.14. The van der Waals surface area contributed by atoms with E-state index in [9.17, 15) is 14.9 Å². The summed E-state index contributed by atoms with van der Waals surface area (Å²) in [5.41, 5.74) is -0.00904. The third-order valence-electron chi connectivity index (χ3n) is 1.70. The van der Waals surface area contributed by atoms with Gasteiger partial charge in [-0.2, -0.15) is 5.26 Å². The molecule has 0 N–H and O–H groups in total. The second-order valence-corrected chi connectivity index (χ2v) is 3.54. The maximum Gasteiger partial charge on any atom is 0.284 e. The molecule has 1 aromatic rings. The number of carbonyl (C=O) groups is 1. The van der Waals surface area contributed by atoms with Crippen molar-refractivity contribution < 1.29 is 9.72 Å². The lowest BCUT2D eigenvalue weighted by molar-refractivity contribution is -0.385. The van der Waals surface area contributed by atoms with Gasteiger partial charge in [-0.05, 0) is 28.1 Å². The van der Waals surface area contributed by atoms with Gasteiger partial charge in [-0.1, -0.05) is 0 Å². The second kappa shape index (κ2) is 4.66. The minimum Gasteiger partial charge on any atom is -0.293 e. The number of ketones is 1. The zero-order valence-electron chi connectivity index (χ0n) is 7.44. The van der Waals surface area contributed by atoms with Crippen LogP contribution in [0.25, 0.3) is 0 Å². The van der Waals surface area contributed by atoms with Gasteiger partial charge in [-0.15, -0.1) is 0 Å². The van der Waals surface area contributed by atoms with Gasteiger partial charge in [-0.3, -0.25) is 14.9 Å². The van der Waals surface area contributed by atoms with Crippen molar-refractivity contribution in [2.75, 3.05) is 0 Å². The van der Waals surface area contributed by atoms with Crippen LogP contribution in [-0.2, 0) is 0 Å². The molecule has 0 radical (unpaired) electrons. The molecule has 0 heterocycles. The van der Waals surface area contributed by atoms with Crippen molar-refractivity contribution >= 4 is 27.4 Å². The summed E-state index contributed by atoms with van der Waals surface area (Å²) < 4.78 is 0.306. The minimum absolute atomic E-state index is 0.173. The smallest absolute Gasteiger partial charge is 0.284 e. The van der Waals surface area contributed by atoms with Gasteiger partial charge >= 0.3 is 0 Å². The molecule has 0 fully saturated rings. The number of nitriles is 1. The largest absolute Gasteiger partial charge is 0.293 e. The number of halogens is 1. The van der Waals surface area contributed by atoms with Gasteiger partial charge in [0.15, 0.2) is 5.78 Å². The van der Waals surface area contributed by atoms with Crippen molar-refractivity contribution in [3.8, 4) is 6.07 Å². The Bertz CT molecular complexity index is 465. The summed E-state index contributed by atoms with van der Waals surface area (Å²) in [5, 5.41) is 18.9. The van der Waals surface area contributed by atoms with Gasteiger partial charge in [0.2, 0.25) is 0 Å². The van der Waals surface area contributed by atoms with E-state index in [2.05, 4.69) is 15.9 Å². The lowest BCUT2D eigenvalue weighted by atomic mass is 10.1. The van der Waals surface area contributed by atoms with Crippen molar-refractivity contribution in [3.05, 3.63) is 38.3 Å². The van der Waals surface area contributed by atoms with Crippen LogP contribution in [0.15, 0.2) is 22.7 Å². The van der Waals surface area contributed by atoms with Crippen LogP contribution in [-0.4, -0.2) is 10.7 Å². The van der Waals surface area contributed by atoms with E-state index in [4.69, 9.17) is 5.26 Å². The summed E-state index contributed by atoms with van der Waals surface area (Å²) in [5.74, 6) is -0.423. The van der Waals surface area contributed by atoms with Crippen LogP contribution < -0.4 is 0 Å². The summed E-state index contributed by atoms with van der Waals surface area (Å²) in [7, 11) is 0. The number of nitrogens with zero attached hydrogens (tertiary/aromatic N) is 2. The number of Topliss-reactive ketones (excluding diaryl/α,β-unsaturated/α-hetero) is 1. The second-order valence-electron chi connectivity index (χ2n) is 2.68. The monoisotopic (exact) mass is 268 g/mol. The molecule has 6 heteroatoms. The zero-order valence-corrected chi connectivity index (χ0v) is 9.02. The Labute approximate surface area is 93.6 Å². The SMILES string of the molecule is N#CCC(=O)c1ccc(Br)c([N+](=O)[O-])c1. The molecule has 15 heavy (non-hydrogen) atoms. The predicted octanol–water partition coefficient (Wildman–Crippen LogP) is 2.45. The highest BCUT2D eigenvalue weighted by Crippen LogP contribution is 2.25. The Kier molecular flexibility index (Phi) is 3.52. The Morgan fingerprint density at radius 1 is 1.60 bits per heavy atom. The average molecular weight is 269 g/mol. The van der Waals surface area contributed by atoms with Crippen LogP contribution in [0.2, 0.25) is 0 Å². The molecule has 0 bridgehead atoms. The van der Waals surface area contributed by atoms with E-state index in [1.54, 1.807) is 6.07 Å². The molecule has 76 valence electrons. The lowest BCUT2D eigenvalue weighted by Crippen LogP contribution is -1.99. The Morgan fingerprint density at radius 3 is 2.80 bits per heavy atom. The van der Waals surface area contributed by atoms with Gasteiger partial charge < -0.3 is 0 Å². The fraction of sp³-hybridized carbons (Fsp3) is 0.111. The summed E-state index contributed by atoms with van der Waals surface area (Å²) in [6.07, 6.45) is -0.279. The maximum atomic E-state index is 11.3. The Morgan fingerprint density at radius 2 is 2.27 bits per heavy atom. The molecular formula is C9H5BrN2O3. The molecule has 0 aromatic heterocycles. The molecule has 0 spiro atoms. The van der Waals surface area contributed by atoms with Crippen molar-refractivity contribution in [1.29, 1.82) is 5.26 Å². The van der Waals surface area contributed by atoms with Crippen LogP contribution in [0.3, 0.4) is 0 Å². The molecule has 1 aromatic carbocycles. The first-order chi connectivity index (χ1) is 7.06. The number of hydrogen-bond donors (Lipinski definition) is 0. The minimum atomic E-state index is -0.590. The van der Waals surface area contributed by atoms with Crippen LogP contribution in [0, 0.1) is 21.4 Å². The van der Waals surface area contributed by atoms with E-state index in [0.717, 1.165) is 6.07 Å². The highest BCUT2D eigenvalue weighted by Gasteiger charge is 2.15. The van der Waals surface area contributed by atoms with Gasteiger partial charge in [0.1, 0.15) is 0 Å². The fourth-order valence-corrected chi connectivity index (χ4v) is 1.39.